The van der Waals surface area contributed by atoms with Crippen LogP contribution < -0.4 is 16.0 Å². The molecule has 0 saturated heterocycles. The second-order valence-corrected chi connectivity index (χ2v) is 6.26. The highest BCUT2D eigenvalue weighted by atomic mass is 16.2. The van der Waals surface area contributed by atoms with E-state index in [-0.39, 0.29) is 11.8 Å². The molecule has 6 heteroatoms. The van der Waals surface area contributed by atoms with Crippen LogP contribution in [0.4, 0.5) is 17.1 Å². The molecular formula is C19H24N4O2. The Morgan fingerprint density at radius 2 is 1.80 bits per heavy atom. The van der Waals surface area contributed by atoms with E-state index >= 15 is 0 Å². The summed E-state index contributed by atoms with van der Waals surface area (Å²) in [6.07, 6.45) is 2.52. The van der Waals surface area contributed by atoms with Crippen molar-refractivity contribution < 1.29 is 9.59 Å². The topological polar surface area (TPSA) is 83.1 Å². The Bertz CT molecular complexity index is 744. The van der Waals surface area contributed by atoms with Crippen molar-refractivity contribution in [1.82, 2.24) is 10.3 Å². The first-order chi connectivity index (χ1) is 11.9. The van der Waals surface area contributed by atoms with E-state index in [1.807, 2.05) is 24.3 Å². The van der Waals surface area contributed by atoms with Crippen LogP contribution in [0.2, 0.25) is 0 Å². The van der Waals surface area contributed by atoms with Gasteiger partial charge < -0.3 is 16.0 Å². The van der Waals surface area contributed by atoms with E-state index in [1.165, 1.54) is 6.92 Å². The van der Waals surface area contributed by atoms with Crippen LogP contribution in [0.3, 0.4) is 0 Å². The van der Waals surface area contributed by atoms with Crippen LogP contribution >= 0.6 is 0 Å². The number of carbonyl (C=O) groups excluding carboxylic acids is 2. The third-order valence-electron chi connectivity index (χ3n) is 3.47. The molecule has 2 amide bonds. The zero-order valence-corrected chi connectivity index (χ0v) is 14.8. The van der Waals surface area contributed by atoms with E-state index in [0.29, 0.717) is 23.8 Å². The normalized spacial score (nSPS) is 10.4. The number of rotatable bonds is 7. The first-order valence-corrected chi connectivity index (χ1v) is 8.33. The lowest BCUT2D eigenvalue weighted by molar-refractivity contribution is -0.114. The summed E-state index contributed by atoms with van der Waals surface area (Å²) in [5.74, 6) is 0.231. The minimum atomic E-state index is -0.184. The first-order valence-electron chi connectivity index (χ1n) is 8.33. The van der Waals surface area contributed by atoms with Gasteiger partial charge in [0.15, 0.2) is 0 Å². The van der Waals surface area contributed by atoms with Crippen LogP contribution in [-0.2, 0) is 4.79 Å². The van der Waals surface area contributed by atoms with Crippen LogP contribution in [0.15, 0.2) is 42.6 Å². The number of hydrogen-bond acceptors (Lipinski definition) is 4. The predicted octanol–water partition coefficient (Wildman–Crippen LogP) is 3.56. The summed E-state index contributed by atoms with van der Waals surface area (Å²) >= 11 is 0. The number of nitrogens with one attached hydrogen (secondary N) is 3. The van der Waals surface area contributed by atoms with Crippen LogP contribution in [0.5, 0.6) is 0 Å². The lowest BCUT2D eigenvalue weighted by atomic mass is 10.1. The van der Waals surface area contributed by atoms with E-state index in [9.17, 15) is 9.59 Å². The van der Waals surface area contributed by atoms with Crippen molar-refractivity contribution in [3.8, 4) is 0 Å². The average molecular weight is 340 g/mol. The summed E-state index contributed by atoms with van der Waals surface area (Å²) in [4.78, 5) is 27.4. The number of pyridine rings is 1. The van der Waals surface area contributed by atoms with Gasteiger partial charge in [0.05, 0.1) is 0 Å². The van der Waals surface area contributed by atoms with Gasteiger partial charge in [-0.3, -0.25) is 14.6 Å². The molecule has 0 aliphatic heterocycles. The molecule has 1 aromatic heterocycles. The molecule has 0 spiro atoms. The zero-order valence-electron chi connectivity index (χ0n) is 14.8. The van der Waals surface area contributed by atoms with Crippen molar-refractivity contribution >= 4 is 28.9 Å². The van der Waals surface area contributed by atoms with Gasteiger partial charge in [0.2, 0.25) is 5.91 Å². The third kappa shape index (κ3) is 6.25. The van der Waals surface area contributed by atoms with Crippen molar-refractivity contribution in [2.45, 2.75) is 27.2 Å². The summed E-state index contributed by atoms with van der Waals surface area (Å²) in [5, 5.41) is 8.83. The number of nitrogens with zero attached hydrogens (tertiary/aromatic N) is 1. The van der Waals surface area contributed by atoms with Crippen LogP contribution in [0.25, 0.3) is 0 Å². The molecule has 0 fully saturated rings. The molecule has 0 bridgehead atoms. The molecule has 25 heavy (non-hydrogen) atoms. The second-order valence-electron chi connectivity index (χ2n) is 6.26. The minimum absolute atomic E-state index is 0.124. The van der Waals surface area contributed by atoms with E-state index in [4.69, 9.17) is 0 Å². The molecule has 0 radical (unpaired) electrons. The summed E-state index contributed by atoms with van der Waals surface area (Å²) < 4.78 is 0. The zero-order chi connectivity index (χ0) is 18.2. The number of benzene rings is 1. The van der Waals surface area contributed by atoms with Gasteiger partial charge in [-0.25, -0.2) is 0 Å². The molecular weight excluding hydrogens is 316 g/mol. The monoisotopic (exact) mass is 340 g/mol. The number of anilines is 3. The van der Waals surface area contributed by atoms with Gasteiger partial charge in [-0.2, -0.15) is 0 Å². The SMILES string of the molecule is CC(=O)Nc1cccc(Nc2ccnc(C(=O)NCCC(C)C)c2)c1. The molecule has 0 unspecified atom stereocenters. The number of hydrogen-bond donors (Lipinski definition) is 3. The average Bonchev–Trinajstić information content (AvgIpc) is 2.54. The maximum Gasteiger partial charge on any atom is 0.269 e. The van der Waals surface area contributed by atoms with E-state index in [0.717, 1.165) is 17.8 Å². The summed E-state index contributed by atoms with van der Waals surface area (Å²) in [7, 11) is 0. The van der Waals surface area contributed by atoms with Gasteiger partial charge in [0.1, 0.15) is 5.69 Å². The van der Waals surface area contributed by atoms with Crippen molar-refractivity contribution in [3.63, 3.8) is 0 Å². The highest BCUT2D eigenvalue weighted by molar-refractivity contribution is 5.93. The minimum Gasteiger partial charge on any atom is -0.355 e. The number of carbonyl (C=O) groups is 2. The smallest absolute Gasteiger partial charge is 0.269 e. The molecule has 0 aliphatic carbocycles. The lowest BCUT2D eigenvalue weighted by Gasteiger charge is -2.10. The molecule has 0 saturated carbocycles. The van der Waals surface area contributed by atoms with Crippen molar-refractivity contribution in [1.29, 1.82) is 0 Å². The lowest BCUT2D eigenvalue weighted by Crippen LogP contribution is -2.26. The Hall–Kier alpha value is -2.89. The Labute approximate surface area is 148 Å². The molecule has 0 aliphatic rings. The first kappa shape index (κ1) is 18.4. The van der Waals surface area contributed by atoms with Crippen molar-refractivity contribution in [3.05, 3.63) is 48.3 Å². The fourth-order valence-corrected chi connectivity index (χ4v) is 2.24. The Balaban J connectivity index is 2.03. The summed E-state index contributed by atoms with van der Waals surface area (Å²) in [6, 6.07) is 10.9. The number of aromatic nitrogens is 1. The summed E-state index contributed by atoms with van der Waals surface area (Å²) in [6.45, 7) is 6.33. The van der Waals surface area contributed by atoms with Gasteiger partial charge in [0.25, 0.3) is 5.91 Å². The van der Waals surface area contributed by atoms with Gasteiger partial charge in [0, 0.05) is 36.7 Å². The standard InChI is InChI=1S/C19H24N4O2/c1-13(2)7-9-21-19(25)18-12-17(8-10-20-18)23-16-6-4-5-15(11-16)22-14(3)24/h4-6,8,10-13H,7,9H2,1-3H3,(H,20,23)(H,21,25)(H,22,24). The molecule has 2 rings (SSSR count). The maximum absolute atomic E-state index is 12.2. The second kappa shape index (κ2) is 8.82. The molecule has 132 valence electrons. The van der Waals surface area contributed by atoms with Crippen molar-refractivity contribution in [2.75, 3.05) is 17.2 Å². The van der Waals surface area contributed by atoms with E-state index in [2.05, 4.69) is 34.8 Å². The van der Waals surface area contributed by atoms with Crippen LogP contribution in [-0.4, -0.2) is 23.3 Å². The van der Waals surface area contributed by atoms with Gasteiger partial charge in [-0.1, -0.05) is 19.9 Å². The van der Waals surface area contributed by atoms with Gasteiger partial charge >= 0.3 is 0 Å². The largest absolute Gasteiger partial charge is 0.355 e. The van der Waals surface area contributed by atoms with Crippen LogP contribution in [0.1, 0.15) is 37.7 Å². The Morgan fingerprint density at radius 1 is 1.08 bits per heavy atom. The highest BCUT2D eigenvalue weighted by Crippen LogP contribution is 2.20. The summed E-state index contributed by atoms with van der Waals surface area (Å²) in [5.41, 5.74) is 2.64. The Kier molecular flexibility index (Phi) is 6.51. The highest BCUT2D eigenvalue weighted by Gasteiger charge is 2.08. The Morgan fingerprint density at radius 3 is 2.52 bits per heavy atom. The molecule has 1 aromatic carbocycles. The maximum atomic E-state index is 12.2. The molecule has 6 nitrogen and oxygen atoms in total. The van der Waals surface area contributed by atoms with Crippen LogP contribution in [0, 0.1) is 5.92 Å². The van der Waals surface area contributed by atoms with Gasteiger partial charge in [-0.05, 0) is 42.7 Å². The number of amides is 2. The quantitative estimate of drug-likeness (QED) is 0.720. The van der Waals surface area contributed by atoms with Crippen molar-refractivity contribution in [2.24, 2.45) is 5.92 Å². The molecule has 3 N–H and O–H groups in total. The molecule has 1 heterocycles. The van der Waals surface area contributed by atoms with E-state index in [1.54, 1.807) is 18.3 Å². The molecule has 0 atom stereocenters. The predicted molar refractivity (Wildman–Crippen MR) is 100 cm³/mol. The van der Waals surface area contributed by atoms with Gasteiger partial charge in [-0.15, -0.1) is 0 Å². The third-order valence-corrected chi connectivity index (χ3v) is 3.47. The fraction of sp³-hybridized carbons (Fsp3) is 0.316. The fourth-order valence-electron chi connectivity index (χ4n) is 2.24. The van der Waals surface area contributed by atoms with E-state index < -0.39 is 0 Å². The molecule has 2 aromatic rings.